The van der Waals surface area contributed by atoms with Gasteiger partial charge in [-0.3, -0.25) is 0 Å². The van der Waals surface area contributed by atoms with Gasteiger partial charge in [-0.2, -0.15) is 0 Å². The zero-order chi connectivity index (χ0) is 14.5. The highest BCUT2D eigenvalue weighted by Gasteiger charge is 2.36. The molecule has 4 heteroatoms. The molecule has 0 atom stereocenters. The number of hydrogen-bond acceptors (Lipinski definition) is 4. The number of rotatable bonds is 6. The van der Waals surface area contributed by atoms with E-state index in [1.807, 2.05) is 12.3 Å². The van der Waals surface area contributed by atoms with Crippen LogP contribution in [0.2, 0.25) is 0 Å². The predicted molar refractivity (Wildman–Crippen MR) is 82.9 cm³/mol. The molecule has 116 valence electrons. The molecule has 0 unspecified atom stereocenters. The Hall–Kier alpha value is -1.00. The van der Waals surface area contributed by atoms with Gasteiger partial charge >= 0.3 is 0 Å². The summed E-state index contributed by atoms with van der Waals surface area (Å²) < 4.78 is 6.18. The molecule has 2 aliphatic rings. The summed E-state index contributed by atoms with van der Waals surface area (Å²) in [5.74, 6) is 0.904. The SMILES string of the molecule is CCOC1(c2nccc(CNC3CC3)n2)CCCCCC1. The van der Waals surface area contributed by atoms with Crippen LogP contribution in [0.15, 0.2) is 12.3 Å². The van der Waals surface area contributed by atoms with Crippen LogP contribution < -0.4 is 5.32 Å². The van der Waals surface area contributed by atoms with Crippen LogP contribution in [0.1, 0.15) is 69.8 Å². The first-order valence-corrected chi connectivity index (χ1v) is 8.52. The maximum Gasteiger partial charge on any atom is 0.160 e. The molecule has 4 nitrogen and oxygen atoms in total. The van der Waals surface area contributed by atoms with Gasteiger partial charge in [-0.05, 0) is 38.7 Å². The van der Waals surface area contributed by atoms with Crippen LogP contribution in [-0.4, -0.2) is 22.6 Å². The van der Waals surface area contributed by atoms with E-state index in [2.05, 4.69) is 17.2 Å². The lowest BCUT2D eigenvalue weighted by Crippen LogP contribution is -2.32. The lowest BCUT2D eigenvalue weighted by atomic mass is 9.93. The van der Waals surface area contributed by atoms with Gasteiger partial charge in [0.2, 0.25) is 0 Å². The Bertz CT molecular complexity index is 451. The quantitative estimate of drug-likeness (QED) is 0.816. The van der Waals surface area contributed by atoms with Crippen molar-refractivity contribution in [2.24, 2.45) is 0 Å². The van der Waals surface area contributed by atoms with Gasteiger partial charge in [0.1, 0.15) is 5.60 Å². The van der Waals surface area contributed by atoms with Gasteiger partial charge in [-0.15, -0.1) is 0 Å². The van der Waals surface area contributed by atoms with Gasteiger partial charge in [0, 0.05) is 25.4 Å². The molecule has 0 bridgehead atoms. The molecule has 1 heterocycles. The Morgan fingerprint density at radius 1 is 1.24 bits per heavy atom. The molecule has 2 saturated carbocycles. The largest absolute Gasteiger partial charge is 0.367 e. The van der Waals surface area contributed by atoms with Crippen molar-refractivity contribution in [2.75, 3.05) is 6.61 Å². The van der Waals surface area contributed by atoms with Crippen molar-refractivity contribution in [3.8, 4) is 0 Å². The van der Waals surface area contributed by atoms with Crippen LogP contribution in [0.4, 0.5) is 0 Å². The third kappa shape index (κ3) is 3.80. The summed E-state index contributed by atoms with van der Waals surface area (Å²) in [6, 6.07) is 2.73. The lowest BCUT2D eigenvalue weighted by molar-refractivity contribution is -0.0625. The van der Waals surface area contributed by atoms with Crippen molar-refractivity contribution in [3.63, 3.8) is 0 Å². The summed E-state index contributed by atoms with van der Waals surface area (Å²) in [5.41, 5.74) is 0.844. The average Bonchev–Trinajstić information content (AvgIpc) is 3.34. The maximum absolute atomic E-state index is 6.18. The molecule has 0 aliphatic heterocycles. The Balaban J connectivity index is 1.78. The average molecular weight is 289 g/mol. The van der Waals surface area contributed by atoms with E-state index in [1.54, 1.807) is 0 Å². The second-order valence-corrected chi connectivity index (χ2v) is 6.37. The Kier molecular flexibility index (Phi) is 4.86. The second kappa shape index (κ2) is 6.84. The highest BCUT2D eigenvalue weighted by atomic mass is 16.5. The van der Waals surface area contributed by atoms with Gasteiger partial charge < -0.3 is 10.1 Å². The molecule has 0 spiro atoms. The van der Waals surface area contributed by atoms with Crippen molar-refractivity contribution in [1.82, 2.24) is 15.3 Å². The molecule has 3 rings (SSSR count). The molecule has 21 heavy (non-hydrogen) atoms. The number of hydrogen-bond donors (Lipinski definition) is 1. The van der Waals surface area contributed by atoms with Gasteiger partial charge in [0.15, 0.2) is 5.82 Å². The van der Waals surface area contributed by atoms with E-state index in [0.29, 0.717) is 6.04 Å². The maximum atomic E-state index is 6.18. The second-order valence-electron chi connectivity index (χ2n) is 6.37. The minimum absolute atomic E-state index is 0.249. The molecule has 2 aliphatic carbocycles. The number of aromatic nitrogens is 2. The third-order valence-electron chi connectivity index (χ3n) is 4.60. The molecule has 0 saturated heterocycles. The fraction of sp³-hybridized carbons (Fsp3) is 0.765. The smallest absolute Gasteiger partial charge is 0.160 e. The molecule has 0 radical (unpaired) electrons. The minimum atomic E-state index is -0.249. The zero-order valence-electron chi connectivity index (χ0n) is 13.1. The Morgan fingerprint density at radius 3 is 2.67 bits per heavy atom. The first-order chi connectivity index (χ1) is 10.3. The molecular formula is C17H27N3O. The van der Waals surface area contributed by atoms with Gasteiger partial charge in [-0.25, -0.2) is 9.97 Å². The first kappa shape index (κ1) is 14.9. The monoisotopic (exact) mass is 289 g/mol. The van der Waals surface area contributed by atoms with Gasteiger partial charge in [0.05, 0.1) is 5.69 Å². The van der Waals surface area contributed by atoms with E-state index in [4.69, 9.17) is 9.72 Å². The third-order valence-corrected chi connectivity index (χ3v) is 4.60. The summed E-state index contributed by atoms with van der Waals surface area (Å²) in [6.45, 7) is 3.65. The summed E-state index contributed by atoms with van der Waals surface area (Å²) in [4.78, 5) is 9.40. The zero-order valence-corrected chi connectivity index (χ0v) is 13.1. The lowest BCUT2D eigenvalue weighted by Gasteiger charge is -2.31. The van der Waals surface area contributed by atoms with Gasteiger partial charge in [-0.1, -0.05) is 25.7 Å². The molecule has 0 amide bonds. The van der Waals surface area contributed by atoms with Crippen molar-refractivity contribution in [3.05, 3.63) is 23.8 Å². The first-order valence-electron chi connectivity index (χ1n) is 8.52. The predicted octanol–water partition coefficient (Wildman–Crippen LogP) is 3.31. The van der Waals surface area contributed by atoms with Crippen LogP contribution in [-0.2, 0) is 16.9 Å². The van der Waals surface area contributed by atoms with Crippen molar-refractivity contribution in [1.29, 1.82) is 0 Å². The van der Waals surface area contributed by atoms with Crippen LogP contribution in [0, 0.1) is 0 Å². The van der Waals surface area contributed by atoms with Crippen molar-refractivity contribution < 1.29 is 4.74 Å². The van der Waals surface area contributed by atoms with E-state index in [1.165, 1.54) is 38.5 Å². The number of nitrogens with one attached hydrogen (secondary N) is 1. The molecule has 1 aromatic rings. The standard InChI is InChI=1S/C17H27N3O/c1-2-21-17(10-5-3-4-6-11-17)16-18-12-9-15(20-16)13-19-14-7-8-14/h9,12,14,19H,2-8,10-11,13H2,1H3. The van der Waals surface area contributed by atoms with Crippen LogP contribution in [0.3, 0.4) is 0 Å². The fourth-order valence-electron chi connectivity index (χ4n) is 3.26. The van der Waals surface area contributed by atoms with E-state index >= 15 is 0 Å². The topological polar surface area (TPSA) is 47.0 Å². The van der Waals surface area contributed by atoms with Crippen LogP contribution in [0.5, 0.6) is 0 Å². The van der Waals surface area contributed by atoms with E-state index in [9.17, 15) is 0 Å². The van der Waals surface area contributed by atoms with E-state index < -0.39 is 0 Å². The van der Waals surface area contributed by atoms with E-state index in [0.717, 1.165) is 37.5 Å². The number of nitrogens with zero attached hydrogens (tertiary/aromatic N) is 2. The molecule has 0 aromatic carbocycles. The van der Waals surface area contributed by atoms with Crippen molar-refractivity contribution in [2.45, 2.75) is 76.5 Å². The molecule has 1 aromatic heterocycles. The summed E-state index contributed by atoms with van der Waals surface area (Å²) in [7, 11) is 0. The number of ether oxygens (including phenoxy) is 1. The minimum Gasteiger partial charge on any atom is -0.367 e. The highest BCUT2D eigenvalue weighted by Crippen LogP contribution is 2.37. The fourth-order valence-corrected chi connectivity index (χ4v) is 3.26. The van der Waals surface area contributed by atoms with Gasteiger partial charge in [0.25, 0.3) is 0 Å². The van der Waals surface area contributed by atoms with Crippen molar-refractivity contribution >= 4 is 0 Å². The highest BCUT2D eigenvalue weighted by molar-refractivity contribution is 5.10. The normalized spacial score (nSPS) is 22.0. The van der Waals surface area contributed by atoms with Crippen LogP contribution >= 0.6 is 0 Å². The summed E-state index contributed by atoms with van der Waals surface area (Å²) in [5, 5.41) is 3.53. The Labute approximate surface area is 127 Å². The summed E-state index contributed by atoms with van der Waals surface area (Å²) in [6.07, 6.45) is 11.7. The van der Waals surface area contributed by atoms with E-state index in [-0.39, 0.29) is 5.60 Å². The Morgan fingerprint density at radius 2 is 2.00 bits per heavy atom. The summed E-state index contributed by atoms with van der Waals surface area (Å²) >= 11 is 0. The van der Waals surface area contributed by atoms with Crippen LogP contribution in [0.25, 0.3) is 0 Å². The molecule has 1 N–H and O–H groups in total. The molecule has 2 fully saturated rings. The molecular weight excluding hydrogens is 262 g/mol.